The maximum atomic E-state index is 12.9. The largest absolute Gasteiger partial charge is 0.481 e. The molecule has 0 spiro atoms. The summed E-state index contributed by atoms with van der Waals surface area (Å²) >= 11 is 0. The summed E-state index contributed by atoms with van der Waals surface area (Å²) in [6.45, 7) is 3.37. The maximum Gasteiger partial charge on any atom is 0.433 e. The van der Waals surface area contributed by atoms with Crippen molar-refractivity contribution in [2.45, 2.75) is 38.4 Å². The van der Waals surface area contributed by atoms with Crippen molar-refractivity contribution in [1.29, 1.82) is 0 Å². The van der Waals surface area contributed by atoms with Gasteiger partial charge in [0.25, 0.3) is 5.78 Å². The van der Waals surface area contributed by atoms with E-state index in [0.29, 0.717) is 0 Å². The monoisotopic (exact) mass is 317 g/mol. The van der Waals surface area contributed by atoms with Crippen LogP contribution in [0.4, 0.5) is 19.0 Å². The third kappa shape index (κ3) is 3.62. The van der Waals surface area contributed by atoms with Crippen LogP contribution >= 0.6 is 0 Å². The highest BCUT2D eigenvalue weighted by atomic mass is 19.4. The Kier molecular flexibility index (Phi) is 3.94. The summed E-state index contributed by atoms with van der Waals surface area (Å²) in [6.07, 6.45) is -3.41. The molecule has 2 heterocycles. The molecule has 10 heteroatoms. The number of aliphatic carboxylic acids is 1. The van der Waals surface area contributed by atoms with Gasteiger partial charge in [0.2, 0.25) is 0 Å². The van der Waals surface area contributed by atoms with E-state index in [0.717, 1.165) is 16.9 Å². The van der Waals surface area contributed by atoms with Gasteiger partial charge in [-0.05, 0) is 20.3 Å². The fourth-order valence-corrected chi connectivity index (χ4v) is 1.88. The highest BCUT2D eigenvalue weighted by molar-refractivity contribution is 5.66. The summed E-state index contributed by atoms with van der Waals surface area (Å²) in [4.78, 5) is 17.7. The number of rotatable bonds is 5. The van der Waals surface area contributed by atoms with Gasteiger partial charge in [0.15, 0.2) is 5.69 Å². The average Bonchev–Trinajstić information content (AvgIpc) is 2.83. The molecule has 22 heavy (non-hydrogen) atoms. The van der Waals surface area contributed by atoms with E-state index in [4.69, 9.17) is 5.11 Å². The SMILES string of the molecule is CC(C)(CCC(=O)O)Nc1cc(C(F)(F)F)nc2ncnn12. The van der Waals surface area contributed by atoms with Gasteiger partial charge in [0.05, 0.1) is 0 Å². The van der Waals surface area contributed by atoms with Crippen molar-refractivity contribution in [3.05, 3.63) is 18.1 Å². The zero-order valence-corrected chi connectivity index (χ0v) is 11.8. The van der Waals surface area contributed by atoms with Crippen LogP contribution in [0.1, 0.15) is 32.4 Å². The lowest BCUT2D eigenvalue weighted by Gasteiger charge is -2.27. The average molecular weight is 317 g/mol. The van der Waals surface area contributed by atoms with E-state index in [-0.39, 0.29) is 24.4 Å². The predicted octanol–water partition coefficient (Wildman–Crippen LogP) is 2.20. The topological polar surface area (TPSA) is 92.4 Å². The lowest BCUT2D eigenvalue weighted by molar-refractivity contribution is -0.141. The van der Waals surface area contributed by atoms with E-state index < -0.39 is 23.4 Å². The molecular weight excluding hydrogens is 303 g/mol. The van der Waals surface area contributed by atoms with Gasteiger partial charge in [-0.3, -0.25) is 4.79 Å². The molecule has 0 aromatic carbocycles. The Hall–Kier alpha value is -2.39. The number of hydrogen-bond donors (Lipinski definition) is 2. The van der Waals surface area contributed by atoms with Crippen LogP contribution in [0.25, 0.3) is 5.78 Å². The molecule has 120 valence electrons. The van der Waals surface area contributed by atoms with Crippen molar-refractivity contribution in [3.8, 4) is 0 Å². The van der Waals surface area contributed by atoms with E-state index in [1.165, 1.54) is 0 Å². The van der Waals surface area contributed by atoms with Crippen molar-refractivity contribution >= 4 is 17.6 Å². The molecule has 2 N–H and O–H groups in total. The number of alkyl halides is 3. The molecule has 7 nitrogen and oxygen atoms in total. The second-order valence-electron chi connectivity index (χ2n) is 5.40. The van der Waals surface area contributed by atoms with E-state index in [9.17, 15) is 18.0 Å². The number of halogens is 3. The van der Waals surface area contributed by atoms with Crippen molar-refractivity contribution in [1.82, 2.24) is 19.6 Å². The summed E-state index contributed by atoms with van der Waals surface area (Å²) in [5.74, 6) is -1.12. The quantitative estimate of drug-likeness (QED) is 0.878. The molecule has 0 amide bonds. The minimum absolute atomic E-state index is 0.0465. The lowest BCUT2D eigenvalue weighted by Crippen LogP contribution is -2.33. The number of anilines is 1. The molecule has 0 unspecified atom stereocenters. The molecule has 0 radical (unpaired) electrons. The number of carbonyl (C=O) groups is 1. The molecule has 0 aliphatic carbocycles. The summed E-state index contributed by atoms with van der Waals surface area (Å²) in [7, 11) is 0. The van der Waals surface area contributed by atoms with Crippen molar-refractivity contribution in [2.24, 2.45) is 0 Å². The van der Waals surface area contributed by atoms with Gasteiger partial charge < -0.3 is 10.4 Å². The predicted molar refractivity (Wildman–Crippen MR) is 70.4 cm³/mol. The van der Waals surface area contributed by atoms with Gasteiger partial charge >= 0.3 is 12.1 Å². The molecule has 2 rings (SSSR count). The van der Waals surface area contributed by atoms with Crippen LogP contribution in [-0.2, 0) is 11.0 Å². The van der Waals surface area contributed by atoms with Crippen LogP contribution in [0.3, 0.4) is 0 Å². The smallest absolute Gasteiger partial charge is 0.433 e. The molecule has 0 saturated heterocycles. The van der Waals surface area contributed by atoms with Crippen molar-refractivity contribution in [3.63, 3.8) is 0 Å². The zero-order valence-electron chi connectivity index (χ0n) is 11.8. The Morgan fingerprint density at radius 2 is 2.09 bits per heavy atom. The third-order valence-corrected chi connectivity index (χ3v) is 2.97. The Bertz CT molecular complexity index is 696. The minimum Gasteiger partial charge on any atom is -0.481 e. The molecule has 0 aliphatic heterocycles. The van der Waals surface area contributed by atoms with E-state index in [1.54, 1.807) is 13.8 Å². The van der Waals surface area contributed by atoms with Crippen LogP contribution < -0.4 is 5.32 Å². The summed E-state index contributed by atoms with van der Waals surface area (Å²) in [6, 6.07) is 0.824. The zero-order chi connectivity index (χ0) is 16.5. The minimum atomic E-state index is -4.62. The Labute approximate surface area is 123 Å². The van der Waals surface area contributed by atoms with Gasteiger partial charge in [-0.2, -0.15) is 27.8 Å². The molecule has 2 aromatic heterocycles. The van der Waals surface area contributed by atoms with Crippen LogP contribution in [0, 0.1) is 0 Å². The van der Waals surface area contributed by atoms with Crippen LogP contribution in [0.15, 0.2) is 12.4 Å². The Morgan fingerprint density at radius 3 is 2.68 bits per heavy atom. The van der Waals surface area contributed by atoms with Crippen LogP contribution in [0.2, 0.25) is 0 Å². The molecule has 0 saturated carbocycles. The van der Waals surface area contributed by atoms with Gasteiger partial charge in [0, 0.05) is 18.0 Å². The first kappa shape index (κ1) is 16.0. The number of nitrogens with one attached hydrogen (secondary N) is 1. The highest BCUT2D eigenvalue weighted by Gasteiger charge is 2.34. The summed E-state index contributed by atoms with van der Waals surface area (Å²) in [5, 5.41) is 15.4. The van der Waals surface area contributed by atoms with Gasteiger partial charge in [0.1, 0.15) is 12.1 Å². The fraction of sp³-hybridized carbons (Fsp3) is 0.500. The second kappa shape index (κ2) is 5.43. The van der Waals surface area contributed by atoms with E-state index >= 15 is 0 Å². The second-order valence-corrected chi connectivity index (χ2v) is 5.40. The van der Waals surface area contributed by atoms with Gasteiger partial charge in [-0.15, -0.1) is 0 Å². The van der Waals surface area contributed by atoms with Crippen molar-refractivity contribution < 1.29 is 23.1 Å². The van der Waals surface area contributed by atoms with E-state index in [2.05, 4.69) is 20.4 Å². The lowest BCUT2D eigenvalue weighted by atomic mass is 9.98. The fourth-order valence-electron chi connectivity index (χ4n) is 1.88. The first-order chi connectivity index (χ1) is 10.1. The molecular formula is C12H14F3N5O2. The molecule has 0 aliphatic rings. The van der Waals surface area contributed by atoms with E-state index in [1.807, 2.05) is 0 Å². The number of carboxylic acid groups (broad SMARTS) is 1. The molecule has 0 atom stereocenters. The summed E-state index contributed by atoms with van der Waals surface area (Å²) in [5.41, 5.74) is -1.84. The van der Waals surface area contributed by atoms with Crippen LogP contribution in [-0.4, -0.2) is 36.2 Å². The standard InChI is InChI=1S/C12H14F3N5O2/c1-11(2,4-3-9(21)22)19-8-5-7(12(13,14)15)18-10-16-6-17-20(8)10/h5-6,19H,3-4H2,1-2H3,(H,21,22). The number of fused-ring (bicyclic) bond motifs is 1. The number of hydrogen-bond acceptors (Lipinski definition) is 5. The maximum absolute atomic E-state index is 12.9. The molecule has 0 fully saturated rings. The number of carboxylic acids is 1. The molecule has 0 bridgehead atoms. The normalized spacial score (nSPS) is 12.6. The molecule has 2 aromatic rings. The van der Waals surface area contributed by atoms with Crippen molar-refractivity contribution in [2.75, 3.05) is 5.32 Å². The third-order valence-electron chi connectivity index (χ3n) is 2.97. The summed E-state index contributed by atoms with van der Waals surface area (Å²) < 4.78 is 39.7. The highest BCUT2D eigenvalue weighted by Crippen LogP contribution is 2.30. The Morgan fingerprint density at radius 1 is 1.41 bits per heavy atom. The Balaban J connectivity index is 2.37. The number of aromatic nitrogens is 4. The van der Waals surface area contributed by atoms with Gasteiger partial charge in [-0.1, -0.05) is 0 Å². The van der Waals surface area contributed by atoms with Gasteiger partial charge in [-0.25, -0.2) is 4.98 Å². The number of nitrogens with zero attached hydrogens (tertiary/aromatic N) is 4. The first-order valence-corrected chi connectivity index (χ1v) is 6.36. The first-order valence-electron chi connectivity index (χ1n) is 6.36. The van der Waals surface area contributed by atoms with Crippen LogP contribution in [0.5, 0.6) is 0 Å².